The van der Waals surface area contributed by atoms with E-state index in [1.807, 2.05) is 12.1 Å². The summed E-state index contributed by atoms with van der Waals surface area (Å²) in [5.74, 6) is -0.595. The Kier molecular flexibility index (Phi) is 7.15. The van der Waals surface area contributed by atoms with E-state index in [1.54, 1.807) is 23.3 Å². The van der Waals surface area contributed by atoms with Crippen LogP contribution in [-0.4, -0.2) is 45.6 Å². The van der Waals surface area contributed by atoms with E-state index in [1.165, 1.54) is 44.5 Å². The first kappa shape index (κ1) is 27.9. The fraction of sp³-hybridized carbons (Fsp3) is 0.364. The molecule has 2 aromatic carbocycles. The van der Waals surface area contributed by atoms with Gasteiger partial charge < -0.3 is 24.8 Å². The molecule has 3 aliphatic rings. The molecule has 1 amide bonds. The van der Waals surface area contributed by atoms with Crippen LogP contribution in [0.1, 0.15) is 55.2 Å². The number of nitrogens with one attached hydrogen (secondary N) is 1. The second-order valence-electron chi connectivity index (χ2n) is 11.8. The first-order chi connectivity index (χ1) is 20.8. The number of anilines is 3. The van der Waals surface area contributed by atoms with E-state index in [0.717, 1.165) is 61.3 Å². The van der Waals surface area contributed by atoms with Gasteiger partial charge in [0.05, 0.1) is 22.9 Å². The van der Waals surface area contributed by atoms with Gasteiger partial charge in [0.25, 0.3) is 11.5 Å². The lowest BCUT2D eigenvalue weighted by atomic mass is 9.91. The Labute approximate surface area is 253 Å². The number of amides is 1. The topological polar surface area (TPSA) is 90.7 Å². The summed E-state index contributed by atoms with van der Waals surface area (Å²) in [5, 5.41) is 13.8. The van der Waals surface area contributed by atoms with Crippen molar-refractivity contribution in [2.24, 2.45) is 7.05 Å². The summed E-state index contributed by atoms with van der Waals surface area (Å²) in [4.78, 5) is 37.4. The molecule has 0 saturated carbocycles. The molecule has 0 atom stereocenters. The van der Waals surface area contributed by atoms with E-state index in [-0.39, 0.29) is 17.3 Å². The van der Waals surface area contributed by atoms with Crippen molar-refractivity contribution >= 4 is 34.4 Å². The van der Waals surface area contributed by atoms with Crippen LogP contribution < -0.4 is 15.8 Å². The van der Waals surface area contributed by atoms with Crippen molar-refractivity contribution in [1.29, 1.82) is 0 Å². The summed E-state index contributed by atoms with van der Waals surface area (Å²) < 4.78 is 16.7. The second-order valence-corrected chi connectivity index (χ2v) is 12.9. The van der Waals surface area contributed by atoms with E-state index < -0.39 is 12.4 Å². The van der Waals surface area contributed by atoms with Crippen molar-refractivity contribution in [2.75, 3.05) is 30.4 Å². The van der Waals surface area contributed by atoms with E-state index in [4.69, 9.17) is 0 Å². The Bertz CT molecular complexity index is 1830. The maximum Gasteiger partial charge on any atom is 0.293 e. The molecule has 4 heterocycles. The van der Waals surface area contributed by atoms with Gasteiger partial charge in [-0.1, -0.05) is 6.07 Å². The van der Waals surface area contributed by atoms with Gasteiger partial charge in [-0.3, -0.25) is 9.59 Å². The summed E-state index contributed by atoms with van der Waals surface area (Å²) in [6, 6.07) is 8.68. The number of carbonyl (C=O) groups is 1. The number of halogens is 1. The minimum absolute atomic E-state index is 0.102. The smallest absolute Gasteiger partial charge is 0.293 e. The van der Waals surface area contributed by atoms with Gasteiger partial charge in [-0.15, -0.1) is 11.3 Å². The molecule has 0 bridgehead atoms. The number of carbonyl (C=O) groups excluding carboxylic acids is 1. The maximum atomic E-state index is 15.3. The van der Waals surface area contributed by atoms with Gasteiger partial charge in [0.15, 0.2) is 5.82 Å². The number of aryl methyl sites for hydroxylation is 2. The zero-order valence-corrected chi connectivity index (χ0v) is 25.2. The summed E-state index contributed by atoms with van der Waals surface area (Å²) in [5.41, 5.74) is 6.79. The lowest BCUT2D eigenvalue weighted by molar-refractivity contribution is 0.0984. The van der Waals surface area contributed by atoms with Crippen molar-refractivity contribution in [3.05, 3.63) is 90.3 Å². The standard InChI is InChI=1S/C33H34FN5O3S/c1-37-11-9-19-13-22(8-7-20(19)16-37)35-31-33(42)38(2)17-27(36-31)25-14-21(34)15-28(26(25)18-40)39-12-10-24-23-5-3-4-6-29(23)43-30(24)32(39)41/h7-8,13-15,17,40H,3-6,9-12,16,18H2,1-2H3,(H,35,36). The van der Waals surface area contributed by atoms with Crippen molar-refractivity contribution in [3.63, 3.8) is 0 Å². The zero-order valence-electron chi connectivity index (χ0n) is 24.4. The van der Waals surface area contributed by atoms with Crippen LogP contribution in [0.25, 0.3) is 11.3 Å². The normalized spacial score (nSPS) is 16.6. The number of aromatic nitrogens is 2. The second kappa shape index (κ2) is 11.0. The molecule has 0 unspecified atom stereocenters. The summed E-state index contributed by atoms with van der Waals surface area (Å²) in [6.45, 7) is 1.83. The monoisotopic (exact) mass is 599 g/mol. The average Bonchev–Trinajstić information content (AvgIpc) is 3.39. The minimum atomic E-state index is -0.545. The maximum absolute atomic E-state index is 15.3. The predicted octanol–water partition coefficient (Wildman–Crippen LogP) is 4.95. The van der Waals surface area contributed by atoms with Crippen LogP contribution >= 0.6 is 11.3 Å². The highest BCUT2D eigenvalue weighted by Gasteiger charge is 2.33. The lowest BCUT2D eigenvalue weighted by Crippen LogP contribution is -2.37. The number of rotatable bonds is 5. The Morgan fingerprint density at radius 2 is 1.84 bits per heavy atom. The van der Waals surface area contributed by atoms with Gasteiger partial charge in [-0.25, -0.2) is 9.37 Å². The highest BCUT2D eigenvalue weighted by Crippen LogP contribution is 2.40. The average molecular weight is 600 g/mol. The van der Waals surface area contributed by atoms with Crippen LogP contribution in [0.2, 0.25) is 0 Å². The van der Waals surface area contributed by atoms with Crippen LogP contribution in [0.15, 0.2) is 41.3 Å². The van der Waals surface area contributed by atoms with Crippen molar-refractivity contribution in [3.8, 4) is 11.3 Å². The Balaban J connectivity index is 1.26. The van der Waals surface area contributed by atoms with E-state index >= 15 is 4.39 Å². The number of aliphatic hydroxyl groups excluding tert-OH is 1. The van der Waals surface area contributed by atoms with Crippen LogP contribution in [0.3, 0.4) is 0 Å². The Morgan fingerprint density at radius 3 is 2.67 bits per heavy atom. The Hall–Kier alpha value is -3.86. The number of likely N-dealkylation sites (N-methyl/N-ethyl adjacent to an activating group) is 1. The van der Waals surface area contributed by atoms with E-state index in [0.29, 0.717) is 35.5 Å². The molecule has 2 N–H and O–H groups in total. The summed E-state index contributed by atoms with van der Waals surface area (Å²) in [6.07, 6.45) is 7.46. The molecule has 8 nitrogen and oxygen atoms in total. The van der Waals surface area contributed by atoms with Crippen molar-refractivity contribution in [2.45, 2.75) is 51.7 Å². The van der Waals surface area contributed by atoms with Crippen LogP contribution in [0.4, 0.5) is 21.6 Å². The largest absolute Gasteiger partial charge is 0.392 e. The molecule has 2 aromatic heterocycles. The first-order valence-corrected chi connectivity index (χ1v) is 15.7. The third-order valence-electron chi connectivity index (χ3n) is 8.96. The Morgan fingerprint density at radius 1 is 1.00 bits per heavy atom. The number of nitrogens with zero attached hydrogens (tertiary/aromatic N) is 4. The highest BCUT2D eigenvalue weighted by molar-refractivity contribution is 7.14. The molecule has 0 radical (unpaired) electrons. The number of hydrogen-bond acceptors (Lipinski definition) is 7. The van der Waals surface area contributed by atoms with Crippen LogP contribution in [-0.2, 0) is 45.9 Å². The molecule has 4 aromatic rings. The fourth-order valence-electron chi connectivity index (χ4n) is 6.73. The lowest BCUT2D eigenvalue weighted by Gasteiger charge is -2.30. The SMILES string of the molecule is CN1CCc2cc(Nc3nc(-c4cc(F)cc(N5CCc6c(sc7c6CCCC7)C5=O)c4CO)cn(C)c3=O)ccc2C1. The highest BCUT2D eigenvalue weighted by atomic mass is 32.1. The zero-order chi connectivity index (χ0) is 29.8. The molecule has 43 heavy (non-hydrogen) atoms. The molecular formula is C33H34FN5O3S. The number of thiophene rings is 1. The van der Waals surface area contributed by atoms with Gasteiger partial charge in [-0.05, 0) is 92.1 Å². The third-order valence-corrected chi connectivity index (χ3v) is 10.3. The molecule has 0 saturated heterocycles. The molecule has 2 aliphatic heterocycles. The van der Waals surface area contributed by atoms with Gasteiger partial charge in [0.2, 0.25) is 0 Å². The molecular weight excluding hydrogens is 565 g/mol. The van der Waals surface area contributed by atoms with Gasteiger partial charge in [-0.2, -0.15) is 0 Å². The van der Waals surface area contributed by atoms with Crippen LogP contribution in [0.5, 0.6) is 0 Å². The molecule has 222 valence electrons. The number of hydrogen-bond donors (Lipinski definition) is 2. The molecule has 10 heteroatoms. The fourth-order valence-corrected chi connectivity index (χ4v) is 8.12. The van der Waals surface area contributed by atoms with Crippen molar-refractivity contribution in [1.82, 2.24) is 14.5 Å². The molecule has 1 aliphatic carbocycles. The number of aliphatic hydroxyl groups is 1. The molecule has 7 rings (SSSR count). The number of fused-ring (bicyclic) bond motifs is 4. The molecule has 0 spiro atoms. The quantitative estimate of drug-likeness (QED) is 0.337. The van der Waals surface area contributed by atoms with Gasteiger partial charge in [0.1, 0.15) is 5.82 Å². The summed E-state index contributed by atoms with van der Waals surface area (Å²) in [7, 11) is 3.72. The number of benzene rings is 2. The van der Waals surface area contributed by atoms with E-state index in [9.17, 15) is 14.7 Å². The predicted molar refractivity (Wildman–Crippen MR) is 167 cm³/mol. The minimum Gasteiger partial charge on any atom is -0.392 e. The van der Waals surface area contributed by atoms with Crippen molar-refractivity contribution < 1.29 is 14.3 Å². The van der Waals surface area contributed by atoms with Crippen LogP contribution in [0, 0.1) is 5.82 Å². The third kappa shape index (κ3) is 4.97. The summed E-state index contributed by atoms with van der Waals surface area (Å²) >= 11 is 1.57. The van der Waals surface area contributed by atoms with Gasteiger partial charge in [0, 0.05) is 54.6 Å². The van der Waals surface area contributed by atoms with Gasteiger partial charge >= 0.3 is 0 Å². The first-order valence-electron chi connectivity index (χ1n) is 14.8. The van der Waals surface area contributed by atoms with E-state index in [2.05, 4.69) is 28.3 Å². The molecule has 0 fully saturated rings.